The number of rotatable bonds is 63. The van der Waals surface area contributed by atoms with Gasteiger partial charge in [0.2, 0.25) is 17.7 Å². The summed E-state index contributed by atoms with van der Waals surface area (Å²) in [6, 6.07) is -4.78. The van der Waals surface area contributed by atoms with Crippen LogP contribution < -0.4 is 16.0 Å². The number of amides is 3. The number of unbranched alkanes of at least 4 members (excludes halogenated alkanes) is 26. The SMILES string of the molecule is CCCCCCCCC=CCCCCCCCCCCCC(=O)NC(COC1OC(CO)C(OC2OC(CO)C(OC3OC(CO)C(O)C(OC4OC(CO)C(O)C(OC5(C(=O)O)CC(O)C(NC(C)=O)C(C(O)C(O)CO)O5)C4O)C3CC(C)=O)C(OC3(C(=O)O)CC(O)C(NC(C)=O)C(C(O)C(O)CO)O3)C2O)C(O)C1O)C(O)C=CCCCCCCCCCCCCC. The van der Waals surface area contributed by atoms with Crippen LogP contribution >= 0.6 is 0 Å². The zero-order valence-electron chi connectivity index (χ0n) is 76.3. The lowest BCUT2D eigenvalue weighted by molar-refractivity contribution is -0.408. The van der Waals surface area contributed by atoms with E-state index in [1.165, 1.54) is 83.1 Å². The van der Waals surface area contributed by atoms with E-state index in [2.05, 4.69) is 41.9 Å². The van der Waals surface area contributed by atoms with Crippen LogP contribution in [0.5, 0.6) is 0 Å². The minimum Gasteiger partial charge on any atom is -0.477 e. The number of aliphatic carboxylic acids is 2. The summed E-state index contributed by atoms with van der Waals surface area (Å²) >= 11 is 0. The lowest BCUT2D eigenvalue weighted by Crippen LogP contribution is -2.71. The van der Waals surface area contributed by atoms with E-state index in [1.807, 2.05) is 0 Å². The van der Waals surface area contributed by atoms with E-state index in [0.717, 1.165) is 117 Å². The van der Waals surface area contributed by atoms with Crippen LogP contribution in [0.3, 0.4) is 0 Å². The number of ketones is 1. The molecule has 34 unspecified atom stereocenters. The molecule has 6 rings (SSSR count). The number of allylic oxidation sites excluding steroid dienone is 3. The molecule has 6 saturated heterocycles. The molecule has 42 nitrogen and oxygen atoms in total. The second-order valence-electron chi connectivity index (χ2n) is 35.6. The molecule has 34 atom stereocenters. The number of hydrogen-bond acceptors (Lipinski definition) is 37. The Hall–Kier alpha value is -4.74. The van der Waals surface area contributed by atoms with Crippen molar-refractivity contribution in [2.45, 2.75) is 448 Å². The third-order valence-electron chi connectivity index (χ3n) is 25.0. The first-order valence-corrected chi connectivity index (χ1v) is 47.1. The maximum absolute atomic E-state index is 14.1. The van der Waals surface area contributed by atoms with Crippen LogP contribution in [0.1, 0.15) is 247 Å². The summed E-state index contributed by atoms with van der Waals surface area (Å²) in [5, 5.41) is 245. The largest absolute Gasteiger partial charge is 0.477 e. The van der Waals surface area contributed by atoms with Crippen molar-refractivity contribution in [1.82, 2.24) is 16.0 Å². The van der Waals surface area contributed by atoms with Crippen molar-refractivity contribution in [3.05, 3.63) is 24.3 Å². The highest BCUT2D eigenvalue weighted by Crippen LogP contribution is 2.44. The first kappa shape index (κ1) is 115. The first-order valence-electron chi connectivity index (χ1n) is 47.1. The van der Waals surface area contributed by atoms with Gasteiger partial charge in [0.15, 0.2) is 25.2 Å². The number of nitrogens with one attached hydrogen (secondary N) is 3. The van der Waals surface area contributed by atoms with Gasteiger partial charge in [-0.2, -0.15) is 0 Å². The number of aliphatic hydroxyl groups is 19. The Bertz CT molecular complexity index is 3320. The number of carbonyl (C=O) groups excluding carboxylic acids is 4. The molecular formula is C89H155N3O39. The predicted molar refractivity (Wildman–Crippen MR) is 459 cm³/mol. The minimum atomic E-state index is -3.49. The molecule has 24 N–H and O–H groups in total. The normalized spacial score (nSPS) is 34.5. The fourth-order valence-corrected chi connectivity index (χ4v) is 17.6. The molecule has 42 heteroatoms. The van der Waals surface area contributed by atoms with E-state index in [4.69, 9.17) is 56.8 Å². The van der Waals surface area contributed by atoms with Gasteiger partial charge in [-0.1, -0.05) is 179 Å². The van der Waals surface area contributed by atoms with Crippen molar-refractivity contribution in [1.29, 1.82) is 0 Å². The molecule has 0 spiro atoms. The van der Waals surface area contributed by atoms with Crippen molar-refractivity contribution in [2.24, 2.45) is 5.92 Å². The van der Waals surface area contributed by atoms with Gasteiger partial charge in [0.25, 0.3) is 11.6 Å². The molecule has 0 aromatic heterocycles. The van der Waals surface area contributed by atoms with Gasteiger partial charge in [0.05, 0.1) is 88.8 Å². The molecule has 760 valence electrons. The Labute approximate surface area is 765 Å². The molecule has 6 heterocycles. The number of ether oxygens (including phenoxy) is 12. The predicted octanol–water partition coefficient (Wildman–Crippen LogP) is -1.44. The minimum absolute atomic E-state index is 0.0921. The Kier molecular flexibility index (Phi) is 52.2. The third-order valence-corrected chi connectivity index (χ3v) is 25.0. The fourth-order valence-electron chi connectivity index (χ4n) is 17.6. The van der Waals surface area contributed by atoms with Crippen LogP contribution in [0, 0.1) is 5.92 Å². The van der Waals surface area contributed by atoms with Crippen molar-refractivity contribution in [3.63, 3.8) is 0 Å². The second-order valence-corrected chi connectivity index (χ2v) is 35.6. The highest BCUT2D eigenvalue weighted by Gasteiger charge is 2.64. The van der Waals surface area contributed by atoms with Crippen LogP contribution in [0.15, 0.2) is 24.3 Å². The van der Waals surface area contributed by atoms with Gasteiger partial charge >= 0.3 is 11.9 Å². The summed E-state index contributed by atoms with van der Waals surface area (Å²) < 4.78 is 72.8. The average Bonchev–Trinajstić information content (AvgIpc) is 0.752. The average molecular weight is 1890 g/mol. The molecule has 0 aromatic rings. The van der Waals surface area contributed by atoms with E-state index in [0.29, 0.717) is 12.8 Å². The Morgan fingerprint density at radius 2 is 0.794 bits per heavy atom. The quantitative estimate of drug-likeness (QED) is 0.0245. The van der Waals surface area contributed by atoms with Gasteiger partial charge in [0.1, 0.15) is 128 Å². The first-order chi connectivity index (χ1) is 62.6. The summed E-state index contributed by atoms with van der Waals surface area (Å²) in [7, 11) is 0. The smallest absolute Gasteiger partial charge is 0.364 e. The van der Waals surface area contributed by atoms with Gasteiger partial charge in [-0.3, -0.25) is 14.4 Å². The highest BCUT2D eigenvalue weighted by atomic mass is 16.8. The molecule has 0 radical (unpaired) electrons. The topological polar surface area (TPSA) is 674 Å². The number of aliphatic hydroxyl groups excluding tert-OH is 19. The van der Waals surface area contributed by atoms with Crippen LogP contribution in [-0.2, 0) is 85.6 Å². The Morgan fingerprint density at radius 1 is 0.420 bits per heavy atom. The van der Waals surface area contributed by atoms with Gasteiger partial charge < -0.3 is 185 Å². The third kappa shape index (κ3) is 34.7. The van der Waals surface area contributed by atoms with Crippen molar-refractivity contribution >= 4 is 35.4 Å². The van der Waals surface area contributed by atoms with E-state index < -0.39 is 308 Å². The number of Topliss-reactive ketones (excluding diaryl/α,β-unsaturated/α-hetero) is 1. The van der Waals surface area contributed by atoms with E-state index >= 15 is 0 Å². The molecule has 6 fully saturated rings. The summed E-state index contributed by atoms with van der Waals surface area (Å²) in [4.78, 5) is 79.8. The molecule has 131 heavy (non-hydrogen) atoms. The van der Waals surface area contributed by atoms with E-state index in [9.17, 15) is 136 Å². The van der Waals surface area contributed by atoms with Crippen molar-refractivity contribution < 1.29 is 193 Å². The summed E-state index contributed by atoms with van der Waals surface area (Å²) in [5.41, 5.74) is 0. The molecule has 6 aliphatic heterocycles. The van der Waals surface area contributed by atoms with Gasteiger partial charge in [0, 0.05) is 45.4 Å². The fraction of sp³-hybridized carbons (Fsp3) is 0.888. The zero-order valence-corrected chi connectivity index (χ0v) is 76.3. The maximum Gasteiger partial charge on any atom is 0.364 e. The summed E-state index contributed by atoms with van der Waals surface area (Å²) in [6.45, 7) is -0.625. The molecule has 6 aliphatic rings. The zero-order chi connectivity index (χ0) is 96.7. The van der Waals surface area contributed by atoms with E-state index in [-0.39, 0.29) is 6.42 Å². The lowest BCUT2D eigenvalue weighted by atomic mass is 9.86. The number of carbonyl (C=O) groups is 6. The molecule has 0 aliphatic carbocycles. The standard InChI is InChI=1S/C89H155N3O39/c1-6-8-10-12-14-16-18-20-21-22-23-24-25-27-29-31-33-35-37-39-64(107)92-54(55(102)38-36-34-32-30-28-26-19-17-15-13-11-9-7-2)49-120-83-72(113)71(112)76(62(47-97)123-83)126-85-74(115)81(131-89(87(118)119)42-57(104)66(91-52(5)101)79(129-89)68(109)59(106)44-94)77(63(48-98)124-85)127-82-53(40-50(3)99)75(69(110)60(45-95)121-82)125-84-73(114)80(70(111)61(46-96)122-84)130-88(86(116)117)41-56(103)65(90-51(4)100)78(128-88)67(108)58(105)43-93/h20-21,36,38,53-63,65-85,93-98,102-106,108-115H,6-19,22-35,37,39-49H2,1-5H3,(H,90,100)(H,91,101)(H,92,107)(H,116,117)(H,118,119). The van der Waals surface area contributed by atoms with Gasteiger partial charge in [-0.25, -0.2) is 9.59 Å². The summed E-state index contributed by atoms with van der Waals surface area (Å²) in [5.74, 6) is -16.1. The van der Waals surface area contributed by atoms with Gasteiger partial charge in [-0.15, -0.1) is 0 Å². The molecule has 3 amide bonds. The van der Waals surface area contributed by atoms with Gasteiger partial charge in [-0.05, 0) is 51.9 Å². The van der Waals surface area contributed by atoms with Crippen molar-refractivity contribution in [3.8, 4) is 0 Å². The van der Waals surface area contributed by atoms with Crippen LogP contribution in [0.2, 0.25) is 0 Å². The monoisotopic (exact) mass is 1890 g/mol. The summed E-state index contributed by atoms with van der Waals surface area (Å²) in [6.07, 6.45) is -25.8. The maximum atomic E-state index is 14.1. The van der Waals surface area contributed by atoms with Crippen LogP contribution in [0.4, 0.5) is 0 Å². The molecular weight excluding hydrogens is 1730 g/mol. The molecule has 0 bridgehead atoms. The van der Waals surface area contributed by atoms with Crippen LogP contribution in [-0.4, -0.2) is 390 Å². The number of hydrogen-bond donors (Lipinski definition) is 24. The second kappa shape index (κ2) is 59.5. The number of carboxylic acids is 2. The Balaban J connectivity index is 1.27. The van der Waals surface area contributed by atoms with Crippen molar-refractivity contribution in [2.75, 3.05) is 46.2 Å². The number of carboxylic acid groups (broad SMARTS) is 2. The van der Waals surface area contributed by atoms with E-state index in [1.54, 1.807) is 6.08 Å². The van der Waals surface area contributed by atoms with Crippen LogP contribution in [0.25, 0.3) is 0 Å². The molecule has 0 aromatic carbocycles. The molecule has 0 saturated carbocycles. The lowest BCUT2D eigenvalue weighted by Gasteiger charge is -2.53. The highest BCUT2D eigenvalue weighted by molar-refractivity contribution is 5.78. The Morgan fingerprint density at radius 3 is 1.22 bits per heavy atom.